The molecule has 1 aromatic rings. The van der Waals surface area contributed by atoms with Gasteiger partial charge in [-0.15, -0.1) is 0 Å². The molecule has 1 aromatic carbocycles. The predicted octanol–water partition coefficient (Wildman–Crippen LogP) is 2.15. The molecule has 4 nitrogen and oxygen atoms in total. The second-order valence-corrected chi connectivity index (χ2v) is 6.12. The van der Waals surface area contributed by atoms with E-state index >= 15 is 0 Å². The Labute approximate surface area is 127 Å². The molecule has 0 radical (unpaired) electrons. The highest BCUT2D eigenvalue weighted by molar-refractivity contribution is 5.27. The van der Waals surface area contributed by atoms with E-state index in [4.69, 9.17) is 9.47 Å². The quantitative estimate of drug-likeness (QED) is 0.694. The number of aliphatic hydroxyl groups excluding tert-OH is 1. The number of rotatable bonds is 10. The fraction of sp³-hybridized carbons (Fsp3) is 0.647. The standard InChI is InChI=1S/C17H27NO3/c1-17(13-19,18-15-5-6-15)10-12-21-16-7-3-14(4-8-16)9-11-20-2/h3-4,7-8,15,18-19H,5-6,9-13H2,1-2H3. The van der Waals surface area contributed by atoms with Crippen LogP contribution >= 0.6 is 0 Å². The van der Waals surface area contributed by atoms with Crippen LogP contribution in [-0.2, 0) is 11.2 Å². The van der Waals surface area contributed by atoms with Gasteiger partial charge in [0, 0.05) is 25.1 Å². The van der Waals surface area contributed by atoms with Gasteiger partial charge in [-0.05, 0) is 43.9 Å². The number of methoxy groups -OCH3 is 1. The molecule has 1 atom stereocenters. The first kappa shape index (κ1) is 16.3. The zero-order valence-electron chi connectivity index (χ0n) is 13.1. The van der Waals surface area contributed by atoms with Crippen molar-refractivity contribution in [3.63, 3.8) is 0 Å². The molecule has 0 aliphatic heterocycles. The van der Waals surface area contributed by atoms with Crippen molar-refractivity contribution in [1.29, 1.82) is 0 Å². The fourth-order valence-corrected chi connectivity index (χ4v) is 2.28. The number of benzene rings is 1. The summed E-state index contributed by atoms with van der Waals surface area (Å²) in [5.74, 6) is 0.878. The number of ether oxygens (including phenoxy) is 2. The summed E-state index contributed by atoms with van der Waals surface area (Å²) in [5.41, 5.74) is 1.01. The fourth-order valence-electron chi connectivity index (χ4n) is 2.28. The predicted molar refractivity (Wildman–Crippen MR) is 83.8 cm³/mol. The molecule has 0 heterocycles. The van der Waals surface area contributed by atoms with Crippen LogP contribution in [0.15, 0.2) is 24.3 Å². The Kier molecular flexibility index (Phi) is 6.03. The van der Waals surface area contributed by atoms with Gasteiger partial charge in [0.25, 0.3) is 0 Å². The molecule has 0 amide bonds. The van der Waals surface area contributed by atoms with E-state index in [-0.39, 0.29) is 12.1 Å². The Bertz CT molecular complexity index is 417. The molecule has 21 heavy (non-hydrogen) atoms. The van der Waals surface area contributed by atoms with Gasteiger partial charge in [-0.3, -0.25) is 0 Å². The lowest BCUT2D eigenvalue weighted by molar-refractivity contribution is 0.142. The Hall–Kier alpha value is -1.10. The molecular formula is C17H27NO3. The van der Waals surface area contributed by atoms with Crippen LogP contribution < -0.4 is 10.1 Å². The number of hydrogen-bond acceptors (Lipinski definition) is 4. The van der Waals surface area contributed by atoms with E-state index in [0.717, 1.165) is 25.2 Å². The van der Waals surface area contributed by atoms with Crippen LogP contribution in [0.2, 0.25) is 0 Å². The van der Waals surface area contributed by atoms with Crippen molar-refractivity contribution in [1.82, 2.24) is 5.32 Å². The lowest BCUT2D eigenvalue weighted by Crippen LogP contribution is -2.48. The van der Waals surface area contributed by atoms with Crippen LogP contribution in [0.3, 0.4) is 0 Å². The van der Waals surface area contributed by atoms with Crippen LogP contribution in [0.1, 0.15) is 31.7 Å². The topological polar surface area (TPSA) is 50.7 Å². The summed E-state index contributed by atoms with van der Waals surface area (Å²) in [6.07, 6.45) is 4.16. The van der Waals surface area contributed by atoms with Gasteiger partial charge in [-0.1, -0.05) is 12.1 Å². The first-order valence-electron chi connectivity index (χ1n) is 7.74. The van der Waals surface area contributed by atoms with E-state index in [1.165, 1.54) is 18.4 Å². The SMILES string of the molecule is COCCc1ccc(OCCC(C)(CO)NC2CC2)cc1. The van der Waals surface area contributed by atoms with Crippen LogP contribution in [0.5, 0.6) is 5.75 Å². The Morgan fingerprint density at radius 3 is 2.52 bits per heavy atom. The summed E-state index contributed by atoms with van der Waals surface area (Å²) >= 11 is 0. The van der Waals surface area contributed by atoms with Gasteiger partial charge in [0.1, 0.15) is 5.75 Å². The van der Waals surface area contributed by atoms with Crippen molar-refractivity contribution >= 4 is 0 Å². The molecule has 0 bridgehead atoms. The van der Waals surface area contributed by atoms with E-state index in [9.17, 15) is 5.11 Å². The van der Waals surface area contributed by atoms with Crippen molar-refractivity contribution in [2.75, 3.05) is 26.9 Å². The molecule has 0 aromatic heterocycles. The van der Waals surface area contributed by atoms with Crippen molar-refractivity contribution in [2.45, 2.75) is 44.2 Å². The minimum Gasteiger partial charge on any atom is -0.494 e. The Balaban J connectivity index is 1.74. The maximum atomic E-state index is 9.55. The van der Waals surface area contributed by atoms with Crippen LogP contribution in [-0.4, -0.2) is 43.6 Å². The molecule has 2 N–H and O–H groups in total. The smallest absolute Gasteiger partial charge is 0.119 e. The van der Waals surface area contributed by atoms with Gasteiger partial charge in [-0.2, -0.15) is 0 Å². The third-order valence-corrected chi connectivity index (χ3v) is 3.92. The minimum atomic E-state index is -0.237. The van der Waals surface area contributed by atoms with E-state index in [1.54, 1.807) is 7.11 Å². The first-order valence-corrected chi connectivity index (χ1v) is 7.74. The zero-order valence-corrected chi connectivity index (χ0v) is 13.1. The number of aliphatic hydroxyl groups is 1. The third-order valence-electron chi connectivity index (χ3n) is 3.92. The monoisotopic (exact) mass is 293 g/mol. The molecule has 0 saturated heterocycles. The van der Waals surface area contributed by atoms with E-state index in [2.05, 4.69) is 24.4 Å². The highest BCUT2D eigenvalue weighted by atomic mass is 16.5. The maximum absolute atomic E-state index is 9.55. The van der Waals surface area contributed by atoms with Crippen LogP contribution in [0, 0.1) is 0 Å². The molecule has 1 aliphatic rings. The minimum absolute atomic E-state index is 0.142. The van der Waals surface area contributed by atoms with Gasteiger partial charge in [0.15, 0.2) is 0 Å². The molecule has 2 rings (SSSR count). The lowest BCUT2D eigenvalue weighted by atomic mass is 9.99. The summed E-state index contributed by atoms with van der Waals surface area (Å²) < 4.78 is 10.8. The summed E-state index contributed by atoms with van der Waals surface area (Å²) in [4.78, 5) is 0. The van der Waals surface area contributed by atoms with Gasteiger partial charge < -0.3 is 19.9 Å². The van der Waals surface area contributed by atoms with Gasteiger partial charge >= 0.3 is 0 Å². The summed E-state index contributed by atoms with van der Waals surface area (Å²) in [5, 5.41) is 13.0. The molecule has 1 fully saturated rings. The average molecular weight is 293 g/mol. The Morgan fingerprint density at radius 1 is 1.24 bits per heavy atom. The summed E-state index contributed by atoms with van der Waals surface area (Å²) in [6, 6.07) is 8.72. The number of hydrogen-bond donors (Lipinski definition) is 2. The zero-order chi connectivity index (χ0) is 15.1. The molecular weight excluding hydrogens is 266 g/mol. The summed E-state index contributed by atoms with van der Waals surface area (Å²) in [6.45, 7) is 3.54. The van der Waals surface area contributed by atoms with E-state index in [0.29, 0.717) is 12.6 Å². The van der Waals surface area contributed by atoms with E-state index < -0.39 is 0 Å². The first-order chi connectivity index (χ1) is 10.1. The van der Waals surface area contributed by atoms with Crippen molar-refractivity contribution in [2.24, 2.45) is 0 Å². The summed E-state index contributed by atoms with van der Waals surface area (Å²) in [7, 11) is 1.71. The van der Waals surface area contributed by atoms with Gasteiger partial charge in [0.05, 0.1) is 19.8 Å². The lowest BCUT2D eigenvalue weighted by Gasteiger charge is -2.29. The second-order valence-electron chi connectivity index (χ2n) is 6.12. The average Bonchev–Trinajstić information content (AvgIpc) is 3.30. The molecule has 0 spiro atoms. The normalized spacial score (nSPS) is 17.5. The molecule has 118 valence electrons. The van der Waals surface area contributed by atoms with Crippen LogP contribution in [0.4, 0.5) is 0 Å². The van der Waals surface area contributed by atoms with Crippen molar-refractivity contribution in [3.8, 4) is 5.75 Å². The van der Waals surface area contributed by atoms with Crippen LogP contribution in [0.25, 0.3) is 0 Å². The largest absolute Gasteiger partial charge is 0.494 e. The third kappa shape index (κ3) is 5.65. The highest BCUT2D eigenvalue weighted by Crippen LogP contribution is 2.24. The Morgan fingerprint density at radius 2 is 1.95 bits per heavy atom. The van der Waals surface area contributed by atoms with E-state index in [1.807, 2.05) is 12.1 Å². The van der Waals surface area contributed by atoms with Gasteiger partial charge in [-0.25, -0.2) is 0 Å². The molecule has 1 unspecified atom stereocenters. The molecule has 1 aliphatic carbocycles. The van der Waals surface area contributed by atoms with Crippen molar-refractivity contribution < 1.29 is 14.6 Å². The second kappa shape index (κ2) is 7.78. The molecule has 4 heteroatoms. The number of nitrogens with one attached hydrogen (secondary N) is 1. The van der Waals surface area contributed by atoms with Gasteiger partial charge in [0.2, 0.25) is 0 Å². The highest BCUT2D eigenvalue weighted by Gasteiger charge is 2.31. The molecule has 1 saturated carbocycles. The maximum Gasteiger partial charge on any atom is 0.119 e. The van der Waals surface area contributed by atoms with Crippen molar-refractivity contribution in [3.05, 3.63) is 29.8 Å².